The van der Waals surface area contributed by atoms with Gasteiger partial charge in [-0.05, 0) is 41.8 Å². The number of hydrogen-bond donors (Lipinski definition) is 1. The monoisotopic (exact) mass is 232 g/mol. The first kappa shape index (κ1) is 11.4. The van der Waals surface area contributed by atoms with Crippen molar-refractivity contribution in [2.75, 3.05) is 0 Å². The highest BCUT2D eigenvalue weighted by molar-refractivity contribution is 7.07. The third-order valence-corrected chi connectivity index (χ3v) is 3.34. The van der Waals surface area contributed by atoms with Gasteiger partial charge in [0, 0.05) is 6.42 Å². The number of benzene rings is 1. The van der Waals surface area contributed by atoms with Gasteiger partial charge in [0.05, 0.1) is 6.10 Å². The summed E-state index contributed by atoms with van der Waals surface area (Å²) in [6.07, 6.45) is 0.312. The van der Waals surface area contributed by atoms with Crippen molar-refractivity contribution in [2.24, 2.45) is 0 Å². The SMILES string of the molecule is Cc1cc(C)cc(CC(O)c2ccsc2)c1. The summed E-state index contributed by atoms with van der Waals surface area (Å²) in [5.74, 6) is 0. The van der Waals surface area contributed by atoms with Crippen LogP contribution in [0.25, 0.3) is 0 Å². The van der Waals surface area contributed by atoms with E-state index in [9.17, 15) is 5.11 Å². The fourth-order valence-electron chi connectivity index (χ4n) is 1.99. The Morgan fingerprint density at radius 3 is 2.44 bits per heavy atom. The Morgan fingerprint density at radius 1 is 1.19 bits per heavy atom. The lowest BCUT2D eigenvalue weighted by atomic mass is 10.00. The van der Waals surface area contributed by atoms with E-state index in [1.807, 2.05) is 16.8 Å². The van der Waals surface area contributed by atoms with Gasteiger partial charge < -0.3 is 5.11 Å². The van der Waals surface area contributed by atoms with Crippen LogP contribution in [0.2, 0.25) is 0 Å². The molecule has 0 fully saturated rings. The van der Waals surface area contributed by atoms with Crippen LogP contribution in [-0.4, -0.2) is 5.11 Å². The molecule has 1 unspecified atom stereocenters. The van der Waals surface area contributed by atoms with Crippen molar-refractivity contribution in [1.82, 2.24) is 0 Å². The summed E-state index contributed by atoms with van der Waals surface area (Å²) in [6.45, 7) is 4.18. The molecule has 16 heavy (non-hydrogen) atoms. The summed E-state index contributed by atoms with van der Waals surface area (Å²) in [5, 5.41) is 14.1. The van der Waals surface area contributed by atoms with Crippen molar-refractivity contribution in [3.63, 3.8) is 0 Å². The average Bonchev–Trinajstić information content (AvgIpc) is 2.68. The first-order valence-corrected chi connectivity index (χ1v) is 6.37. The molecule has 0 radical (unpaired) electrons. The molecule has 1 nitrogen and oxygen atoms in total. The predicted molar refractivity (Wildman–Crippen MR) is 68.9 cm³/mol. The highest BCUT2D eigenvalue weighted by Gasteiger charge is 2.09. The molecule has 1 atom stereocenters. The van der Waals surface area contributed by atoms with Gasteiger partial charge in [-0.15, -0.1) is 0 Å². The lowest BCUT2D eigenvalue weighted by Crippen LogP contribution is -2.00. The first-order valence-electron chi connectivity index (χ1n) is 5.42. The molecule has 0 aliphatic carbocycles. The molecule has 1 aromatic heterocycles. The Morgan fingerprint density at radius 2 is 1.88 bits per heavy atom. The van der Waals surface area contributed by atoms with Crippen LogP contribution in [0, 0.1) is 13.8 Å². The predicted octanol–water partition coefficient (Wildman–Crippen LogP) is 3.64. The van der Waals surface area contributed by atoms with Crippen LogP contribution in [-0.2, 0) is 6.42 Å². The van der Waals surface area contributed by atoms with Gasteiger partial charge in [0.2, 0.25) is 0 Å². The minimum Gasteiger partial charge on any atom is -0.388 e. The molecule has 1 N–H and O–H groups in total. The van der Waals surface area contributed by atoms with Crippen LogP contribution < -0.4 is 0 Å². The molecule has 1 heterocycles. The highest BCUT2D eigenvalue weighted by Crippen LogP contribution is 2.21. The van der Waals surface area contributed by atoms with Crippen LogP contribution >= 0.6 is 11.3 Å². The van der Waals surface area contributed by atoms with E-state index in [0.717, 1.165) is 5.56 Å². The minimum absolute atomic E-state index is 0.382. The highest BCUT2D eigenvalue weighted by atomic mass is 32.1. The molecule has 0 aliphatic rings. The molecule has 0 bridgehead atoms. The zero-order valence-corrected chi connectivity index (χ0v) is 10.4. The first-order chi connectivity index (χ1) is 7.65. The van der Waals surface area contributed by atoms with Crippen LogP contribution in [0.15, 0.2) is 35.0 Å². The van der Waals surface area contributed by atoms with E-state index in [1.54, 1.807) is 11.3 Å². The van der Waals surface area contributed by atoms with Gasteiger partial charge in [-0.25, -0.2) is 0 Å². The van der Waals surface area contributed by atoms with Crippen LogP contribution in [0.5, 0.6) is 0 Å². The van der Waals surface area contributed by atoms with Crippen molar-refractivity contribution in [2.45, 2.75) is 26.4 Å². The topological polar surface area (TPSA) is 20.2 Å². The second-order valence-corrected chi connectivity index (χ2v) is 5.05. The molecule has 2 rings (SSSR count). The Kier molecular flexibility index (Phi) is 3.42. The number of aryl methyl sites for hydroxylation is 2. The van der Waals surface area contributed by atoms with E-state index in [2.05, 4.69) is 32.0 Å². The maximum atomic E-state index is 10.1. The van der Waals surface area contributed by atoms with Gasteiger partial charge in [0.1, 0.15) is 0 Å². The van der Waals surface area contributed by atoms with Crippen molar-refractivity contribution in [3.8, 4) is 0 Å². The van der Waals surface area contributed by atoms with E-state index in [4.69, 9.17) is 0 Å². The maximum Gasteiger partial charge on any atom is 0.0838 e. The fraction of sp³-hybridized carbons (Fsp3) is 0.286. The molecule has 0 amide bonds. The molecule has 0 saturated carbocycles. The maximum absolute atomic E-state index is 10.1. The Labute approximate surface area is 100 Å². The normalized spacial score (nSPS) is 12.7. The quantitative estimate of drug-likeness (QED) is 0.856. The van der Waals surface area contributed by atoms with Crippen LogP contribution in [0.4, 0.5) is 0 Å². The summed E-state index contributed by atoms with van der Waals surface area (Å²) in [6, 6.07) is 8.42. The molecular weight excluding hydrogens is 216 g/mol. The van der Waals surface area contributed by atoms with Gasteiger partial charge in [0.25, 0.3) is 0 Å². The summed E-state index contributed by atoms with van der Waals surface area (Å²) >= 11 is 1.62. The van der Waals surface area contributed by atoms with E-state index in [0.29, 0.717) is 6.42 Å². The Hall–Kier alpha value is -1.12. The third kappa shape index (κ3) is 2.71. The summed E-state index contributed by atoms with van der Waals surface area (Å²) < 4.78 is 0. The Balaban J connectivity index is 2.15. The molecule has 0 spiro atoms. The number of aliphatic hydroxyl groups is 1. The molecule has 1 aromatic carbocycles. The number of rotatable bonds is 3. The largest absolute Gasteiger partial charge is 0.388 e. The van der Waals surface area contributed by atoms with Crippen molar-refractivity contribution < 1.29 is 5.11 Å². The van der Waals surface area contributed by atoms with Gasteiger partial charge in [-0.2, -0.15) is 11.3 Å². The smallest absolute Gasteiger partial charge is 0.0838 e. The number of aliphatic hydroxyl groups excluding tert-OH is 1. The van der Waals surface area contributed by atoms with E-state index < -0.39 is 0 Å². The second kappa shape index (κ2) is 4.81. The van der Waals surface area contributed by atoms with E-state index in [-0.39, 0.29) is 6.10 Å². The van der Waals surface area contributed by atoms with E-state index in [1.165, 1.54) is 16.7 Å². The summed E-state index contributed by atoms with van der Waals surface area (Å²) in [5.41, 5.74) is 4.74. The standard InChI is InChI=1S/C14H16OS/c1-10-5-11(2)7-12(6-10)8-14(15)13-3-4-16-9-13/h3-7,9,14-15H,8H2,1-2H3. The molecule has 0 aliphatic heterocycles. The van der Waals surface area contributed by atoms with E-state index >= 15 is 0 Å². The summed E-state index contributed by atoms with van der Waals surface area (Å²) in [7, 11) is 0. The average molecular weight is 232 g/mol. The van der Waals surface area contributed by atoms with Crippen molar-refractivity contribution in [3.05, 3.63) is 57.3 Å². The third-order valence-electron chi connectivity index (χ3n) is 2.64. The number of hydrogen-bond acceptors (Lipinski definition) is 2. The molecular formula is C14H16OS. The van der Waals surface area contributed by atoms with Crippen molar-refractivity contribution >= 4 is 11.3 Å². The zero-order chi connectivity index (χ0) is 11.5. The van der Waals surface area contributed by atoms with Gasteiger partial charge in [-0.3, -0.25) is 0 Å². The number of thiophene rings is 1. The van der Waals surface area contributed by atoms with Gasteiger partial charge >= 0.3 is 0 Å². The molecule has 2 heteroatoms. The van der Waals surface area contributed by atoms with Crippen molar-refractivity contribution in [1.29, 1.82) is 0 Å². The fourth-order valence-corrected chi connectivity index (χ4v) is 2.70. The van der Waals surface area contributed by atoms with Crippen LogP contribution in [0.1, 0.15) is 28.4 Å². The lowest BCUT2D eigenvalue weighted by Gasteiger charge is -2.10. The van der Waals surface area contributed by atoms with Crippen LogP contribution in [0.3, 0.4) is 0 Å². The Bertz CT molecular complexity index is 439. The lowest BCUT2D eigenvalue weighted by molar-refractivity contribution is 0.179. The molecule has 84 valence electrons. The zero-order valence-electron chi connectivity index (χ0n) is 9.60. The molecule has 0 saturated heterocycles. The van der Waals surface area contributed by atoms with Gasteiger partial charge in [0.15, 0.2) is 0 Å². The minimum atomic E-state index is -0.382. The summed E-state index contributed by atoms with van der Waals surface area (Å²) in [4.78, 5) is 0. The second-order valence-electron chi connectivity index (χ2n) is 4.27. The van der Waals surface area contributed by atoms with Gasteiger partial charge in [-0.1, -0.05) is 29.3 Å². The molecule has 2 aromatic rings.